The quantitative estimate of drug-likeness (QED) is 0.189. The number of sulfonamides is 1. The Hall–Kier alpha value is -4.50. The molecule has 0 bridgehead atoms. The number of rotatable bonds is 7. The van der Waals surface area contributed by atoms with Crippen molar-refractivity contribution in [2.45, 2.75) is 10.8 Å². The van der Waals surface area contributed by atoms with E-state index in [1.54, 1.807) is 29.5 Å². The number of fused-ring (bicyclic) bond motifs is 2. The first-order valence-electron chi connectivity index (χ1n) is 12.2. The zero-order valence-electron chi connectivity index (χ0n) is 21.3. The van der Waals surface area contributed by atoms with Gasteiger partial charge < -0.3 is 15.6 Å². The number of benzene rings is 3. The van der Waals surface area contributed by atoms with Crippen molar-refractivity contribution in [2.24, 2.45) is 0 Å². The number of hydrogen-bond donors (Lipinski definition) is 4. The van der Waals surface area contributed by atoms with Crippen molar-refractivity contribution >= 4 is 82.8 Å². The molecular formula is C27H19ClN6O5S3. The molecule has 212 valence electrons. The molecule has 0 saturated carbocycles. The summed E-state index contributed by atoms with van der Waals surface area (Å²) in [6, 6.07) is 20.5. The van der Waals surface area contributed by atoms with Crippen LogP contribution in [0.1, 0.15) is 5.01 Å². The second-order valence-electron chi connectivity index (χ2n) is 8.93. The van der Waals surface area contributed by atoms with Gasteiger partial charge in [-0.3, -0.25) is 4.79 Å². The van der Waals surface area contributed by atoms with Gasteiger partial charge in [-0.2, -0.15) is 0 Å². The minimum absolute atomic E-state index is 0.107. The van der Waals surface area contributed by atoms with E-state index in [-0.39, 0.29) is 19.9 Å². The summed E-state index contributed by atoms with van der Waals surface area (Å²) in [5.74, 6) is 0. The van der Waals surface area contributed by atoms with Crippen LogP contribution in [0.3, 0.4) is 0 Å². The van der Waals surface area contributed by atoms with E-state index in [4.69, 9.17) is 11.6 Å². The summed E-state index contributed by atoms with van der Waals surface area (Å²) < 4.78 is 28.8. The van der Waals surface area contributed by atoms with Gasteiger partial charge in [-0.15, -0.1) is 22.7 Å². The highest BCUT2D eigenvalue weighted by atomic mass is 35.5. The van der Waals surface area contributed by atoms with E-state index >= 15 is 0 Å². The summed E-state index contributed by atoms with van der Waals surface area (Å²) in [5.41, 5.74) is 1.35. The molecular weight excluding hydrogens is 620 g/mol. The molecule has 0 radical (unpaired) electrons. The van der Waals surface area contributed by atoms with Crippen LogP contribution in [0.25, 0.3) is 26.8 Å². The number of amides is 2. The topological polar surface area (TPSA) is 155 Å². The third-order valence-corrected chi connectivity index (χ3v) is 10.2. The van der Waals surface area contributed by atoms with Crippen LogP contribution in [0.15, 0.2) is 92.7 Å². The molecule has 0 aliphatic heterocycles. The summed E-state index contributed by atoms with van der Waals surface area (Å²) in [6.07, 6.45) is 0. The Morgan fingerprint density at radius 1 is 0.952 bits per heavy atom. The van der Waals surface area contributed by atoms with Gasteiger partial charge in [-0.25, -0.2) is 32.3 Å². The van der Waals surface area contributed by atoms with Crippen LogP contribution in [-0.4, -0.2) is 29.0 Å². The number of carbonyl (C=O) groups is 1. The van der Waals surface area contributed by atoms with Crippen molar-refractivity contribution in [2.75, 3.05) is 10.6 Å². The highest BCUT2D eigenvalue weighted by molar-refractivity contribution is 7.92. The molecule has 15 heteroatoms. The predicted molar refractivity (Wildman–Crippen MR) is 166 cm³/mol. The van der Waals surface area contributed by atoms with E-state index in [1.165, 1.54) is 36.4 Å². The average Bonchev–Trinajstić information content (AvgIpc) is 3.59. The minimum Gasteiger partial charge on any atom is -0.378 e. The van der Waals surface area contributed by atoms with Crippen LogP contribution in [0, 0.1) is 0 Å². The summed E-state index contributed by atoms with van der Waals surface area (Å²) in [5, 5.41) is 6.90. The normalized spacial score (nSPS) is 11.5. The lowest BCUT2D eigenvalue weighted by Crippen LogP contribution is -2.34. The number of anilines is 2. The Balaban J connectivity index is 1.17. The number of thiophene rings is 1. The molecule has 42 heavy (non-hydrogen) atoms. The second-order valence-corrected chi connectivity index (χ2v) is 13.7. The van der Waals surface area contributed by atoms with Crippen molar-refractivity contribution in [1.82, 2.24) is 19.3 Å². The molecule has 0 aliphatic rings. The lowest BCUT2D eigenvalue weighted by atomic mass is 10.2. The zero-order valence-corrected chi connectivity index (χ0v) is 24.5. The first-order valence-corrected chi connectivity index (χ1v) is 15.7. The molecule has 0 aliphatic carbocycles. The van der Waals surface area contributed by atoms with Gasteiger partial charge in [0.1, 0.15) is 9.22 Å². The number of carbonyl (C=O) groups excluding carboxylic acids is 1. The van der Waals surface area contributed by atoms with Crippen molar-refractivity contribution in [3.05, 3.63) is 109 Å². The molecule has 6 rings (SSSR count). The van der Waals surface area contributed by atoms with Gasteiger partial charge in [0, 0.05) is 11.4 Å². The van der Waals surface area contributed by atoms with Crippen LogP contribution >= 0.6 is 34.3 Å². The number of urea groups is 1. The number of aromatic nitrogens is 3. The van der Waals surface area contributed by atoms with E-state index in [0.29, 0.717) is 23.1 Å². The monoisotopic (exact) mass is 638 g/mol. The Bertz CT molecular complexity index is 2170. The van der Waals surface area contributed by atoms with Gasteiger partial charge >= 0.3 is 11.7 Å². The van der Waals surface area contributed by atoms with Gasteiger partial charge in [0.2, 0.25) is 0 Å². The fraction of sp³-hybridized carbons (Fsp3) is 0.0370. The molecule has 0 fully saturated rings. The van der Waals surface area contributed by atoms with E-state index in [0.717, 1.165) is 31.1 Å². The number of H-pyrrole nitrogens is 1. The first-order chi connectivity index (χ1) is 20.2. The maximum Gasteiger partial charge on any atom is 0.333 e. The maximum absolute atomic E-state index is 13.3. The lowest BCUT2D eigenvalue weighted by Gasteiger charge is -2.10. The van der Waals surface area contributed by atoms with Gasteiger partial charge in [-0.1, -0.05) is 23.7 Å². The van der Waals surface area contributed by atoms with E-state index in [2.05, 4.69) is 20.6 Å². The molecule has 0 saturated heterocycles. The Morgan fingerprint density at radius 2 is 1.71 bits per heavy atom. The summed E-state index contributed by atoms with van der Waals surface area (Å²) >= 11 is 8.18. The summed E-state index contributed by atoms with van der Waals surface area (Å²) in [4.78, 5) is 45.8. The van der Waals surface area contributed by atoms with Gasteiger partial charge in [0.15, 0.2) is 0 Å². The standard InChI is InChI=1S/C27H19ClN6O5S3/c28-22-11-12-24(41-22)42(38,39)33-26(36)30-15-5-8-17(9-6-15)34-25(35)18-10-7-16(13-20(18)32-27(34)37)29-14-23-31-19-3-1-2-4-21(19)40-23/h1-13,29H,14H2,(H,32,37)(H2,30,33,36). The molecule has 3 heterocycles. The van der Waals surface area contributed by atoms with Gasteiger partial charge in [0.25, 0.3) is 15.6 Å². The number of nitrogens with one attached hydrogen (secondary N) is 4. The Morgan fingerprint density at radius 3 is 2.45 bits per heavy atom. The van der Waals surface area contributed by atoms with E-state index in [9.17, 15) is 22.8 Å². The highest BCUT2D eigenvalue weighted by Crippen LogP contribution is 2.26. The lowest BCUT2D eigenvalue weighted by molar-refractivity contribution is 0.256. The van der Waals surface area contributed by atoms with Crippen molar-refractivity contribution in [1.29, 1.82) is 0 Å². The van der Waals surface area contributed by atoms with Crippen LogP contribution < -0.4 is 26.6 Å². The number of nitrogens with zero attached hydrogens (tertiary/aromatic N) is 2. The van der Waals surface area contributed by atoms with Crippen molar-refractivity contribution in [3.8, 4) is 5.69 Å². The minimum atomic E-state index is -4.09. The maximum atomic E-state index is 13.3. The largest absolute Gasteiger partial charge is 0.378 e. The van der Waals surface area contributed by atoms with Gasteiger partial charge in [-0.05, 0) is 66.7 Å². The molecule has 0 atom stereocenters. The molecule has 6 aromatic rings. The van der Waals surface area contributed by atoms with Crippen LogP contribution in [-0.2, 0) is 16.6 Å². The second kappa shape index (κ2) is 11.1. The molecule has 2 amide bonds. The smallest absolute Gasteiger partial charge is 0.333 e. The van der Waals surface area contributed by atoms with Crippen molar-refractivity contribution in [3.63, 3.8) is 0 Å². The Kier molecular flexibility index (Phi) is 7.28. The fourth-order valence-electron chi connectivity index (χ4n) is 4.20. The molecule has 4 N–H and O–H groups in total. The SMILES string of the molecule is O=C(Nc1ccc(-n2c(=O)[nH]c3cc(NCc4nc5ccccc5s4)ccc3c2=O)cc1)NS(=O)(=O)c1ccc(Cl)s1. The Labute approximate surface area is 250 Å². The van der Waals surface area contributed by atoms with Crippen LogP contribution in [0.4, 0.5) is 16.2 Å². The number of aromatic amines is 1. The number of para-hydroxylation sites is 1. The summed E-state index contributed by atoms with van der Waals surface area (Å²) in [6.45, 7) is 0.485. The number of halogens is 1. The third-order valence-electron chi connectivity index (χ3n) is 6.10. The molecule has 11 nitrogen and oxygen atoms in total. The van der Waals surface area contributed by atoms with E-state index in [1.807, 2.05) is 29.0 Å². The number of hydrogen-bond acceptors (Lipinski definition) is 9. The zero-order chi connectivity index (χ0) is 29.4. The third kappa shape index (κ3) is 5.65. The highest BCUT2D eigenvalue weighted by Gasteiger charge is 2.20. The molecule has 3 aromatic carbocycles. The predicted octanol–water partition coefficient (Wildman–Crippen LogP) is 5.13. The van der Waals surface area contributed by atoms with Crippen molar-refractivity contribution < 1.29 is 13.2 Å². The molecule has 0 unspecified atom stereocenters. The van der Waals surface area contributed by atoms with Crippen LogP contribution in [0.2, 0.25) is 4.34 Å². The molecule has 0 spiro atoms. The van der Waals surface area contributed by atoms with E-state index < -0.39 is 27.3 Å². The number of thiazole rings is 1. The molecule has 3 aromatic heterocycles. The van der Waals surface area contributed by atoms with Crippen LogP contribution in [0.5, 0.6) is 0 Å². The fourth-order valence-corrected chi connectivity index (χ4v) is 7.50. The first kappa shape index (κ1) is 27.7. The van der Waals surface area contributed by atoms with Gasteiger partial charge in [0.05, 0.1) is 37.7 Å². The average molecular weight is 639 g/mol. The summed E-state index contributed by atoms with van der Waals surface area (Å²) in [7, 11) is -4.09.